The summed E-state index contributed by atoms with van der Waals surface area (Å²) in [6, 6.07) is 13.2. The van der Waals surface area contributed by atoms with E-state index in [1.165, 1.54) is 29.2 Å². The van der Waals surface area contributed by atoms with Gasteiger partial charge in [0.05, 0.1) is 11.6 Å². The lowest BCUT2D eigenvalue weighted by molar-refractivity contribution is -0.140. The van der Waals surface area contributed by atoms with Crippen molar-refractivity contribution in [3.63, 3.8) is 0 Å². The van der Waals surface area contributed by atoms with E-state index in [0.29, 0.717) is 24.8 Å². The fourth-order valence-electron chi connectivity index (χ4n) is 3.59. The van der Waals surface area contributed by atoms with Crippen LogP contribution in [-0.2, 0) is 14.4 Å². The number of likely N-dealkylation sites (tertiary alicyclic amines) is 1. The summed E-state index contributed by atoms with van der Waals surface area (Å²) in [6.45, 7) is 0.254. The molecule has 6 nitrogen and oxygen atoms in total. The molecule has 2 N–H and O–H groups in total. The third-order valence-corrected chi connectivity index (χ3v) is 5.06. The molecule has 0 bridgehead atoms. The number of carboxylic acids is 1. The number of carboxylic acid groups (broad SMARTS) is 1. The molecule has 1 amide bonds. The summed E-state index contributed by atoms with van der Waals surface area (Å²) in [7, 11) is 0. The Morgan fingerprint density at radius 3 is 2.23 bits per heavy atom. The Morgan fingerprint density at radius 1 is 0.933 bits per heavy atom. The fourth-order valence-corrected chi connectivity index (χ4v) is 3.59. The van der Waals surface area contributed by atoms with Crippen molar-refractivity contribution < 1.29 is 29.0 Å². The van der Waals surface area contributed by atoms with Gasteiger partial charge in [0.1, 0.15) is 11.6 Å². The summed E-state index contributed by atoms with van der Waals surface area (Å²) in [5.74, 6) is -3.22. The van der Waals surface area contributed by atoms with Gasteiger partial charge in [-0.1, -0.05) is 36.8 Å². The Morgan fingerprint density at radius 2 is 1.60 bits per heavy atom. The molecule has 7 heteroatoms. The van der Waals surface area contributed by atoms with E-state index in [1.807, 2.05) is 6.07 Å². The first-order valence-corrected chi connectivity index (χ1v) is 9.71. The van der Waals surface area contributed by atoms with Crippen molar-refractivity contribution in [3.05, 3.63) is 77.1 Å². The summed E-state index contributed by atoms with van der Waals surface area (Å²) in [5, 5.41) is 19.6. The van der Waals surface area contributed by atoms with Gasteiger partial charge in [-0.2, -0.15) is 0 Å². The average Bonchev–Trinajstić information content (AvgIpc) is 2.99. The minimum Gasteiger partial charge on any atom is -0.507 e. The van der Waals surface area contributed by atoms with Gasteiger partial charge in [0, 0.05) is 18.5 Å². The molecular formula is C23H22FNO5. The Bertz CT molecular complexity index is 969. The van der Waals surface area contributed by atoms with Crippen molar-refractivity contribution in [1.29, 1.82) is 0 Å². The minimum atomic E-state index is -0.876. The highest BCUT2D eigenvalue weighted by Gasteiger charge is 2.45. The predicted molar refractivity (Wildman–Crippen MR) is 108 cm³/mol. The zero-order valence-corrected chi connectivity index (χ0v) is 16.3. The second-order valence-corrected chi connectivity index (χ2v) is 7.11. The van der Waals surface area contributed by atoms with E-state index in [-0.39, 0.29) is 29.9 Å². The molecular weight excluding hydrogens is 389 g/mol. The van der Waals surface area contributed by atoms with E-state index in [1.54, 1.807) is 24.3 Å². The average molecular weight is 411 g/mol. The van der Waals surface area contributed by atoms with Crippen molar-refractivity contribution in [1.82, 2.24) is 4.90 Å². The largest absolute Gasteiger partial charge is 0.507 e. The Hall–Kier alpha value is -3.48. The van der Waals surface area contributed by atoms with Crippen LogP contribution in [-0.4, -0.2) is 39.3 Å². The van der Waals surface area contributed by atoms with E-state index in [0.717, 1.165) is 0 Å². The van der Waals surface area contributed by atoms with Crippen LogP contribution in [0.25, 0.3) is 5.76 Å². The maximum absolute atomic E-state index is 13.3. The highest BCUT2D eigenvalue weighted by atomic mass is 19.1. The number of ketones is 1. The molecule has 1 aliphatic rings. The first-order valence-electron chi connectivity index (χ1n) is 9.71. The van der Waals surface area contributed by atoms with Gasteiger partial charge in [-0.15, -0.1) is 0 Å². The number of amides is 1. The van der Waals surface area contributed by atoms with Gasteiger partial charge in [-0.3, -0.25) is 14.4 Å². The van der Waals surface area contributed by atoms with Gasteiger partial charge in [-0.25, -0.2) is 4.39 Å². The van der Waals surface area contributed by atoms with E-state index in [4.69, 9.17) is 5.11 Å². The predicted octanol–water partition coefficient (Wildman–Crippen LogP) is 3.89. The Labute approximate surface area is 173 Å². The number of unbranched alkanes of at least 4 members (excludes halogenated alkanes) is 2. The van der Waals surface area contributed by atoms with E-state index in [2.05, 4.69) is 0 Å². The summed E-state index contributed by atoms with van der Waals surface area (Å²) in [4.78, 5) is 37.6. The zero-order valence-electron chi connectivity index (χ0n) is 16.3. The van der Waals surface area contributed by atoms with Crippen molar-refractivity contribution in [3.8, 4) is 0 Å². The molecule has 1 atom stereocenters. The van der Waals surface area contributed by atoms with Crippen LogP contribution in [0.1, 0.15) is 42.9 Å². The summed E-state index contributed by atoms with van der Waals surface area (Å²) < 4.78 is 13.3. The highest BCUT2D eigenvalue weighted by Crippen LogP contribution is 2.39. The number of rotatable bonds is 8. The Balaban J connectivity index is 1.94. The number of carbonyl (C=O) groups excluding carboxylic acids is 2. The standard InChI is InChI=1S/C23H22FNO5/c24-17-12-10-16(11-13-17)21(28)19-20(15-7-3-1-4-8-15)25(23(30)22(19)29)14-6-2-5-9-18(26)27/h1,3-4,7-8,10-13,20,28H,2,5-6,9,14H2,(H,26,27)/b21-19+. The molecule has 2 aromatic carbocycles. The third kappa shape index (κ3) is 4.56. The number of aliphatic hydroxyl groups is 1. The molecule has 1 saturated heterocycles. The van der Waals surface area contributed by atoms with Gasteiger partial charge < -0.3 is 15.1 Å². The molecule has 1 aliphatic heterocycles. The van der Waals surface area contributed by atoms with E-state index >= 15 is 0 Å². The number of carbonyl (C=O) groups is 3. The second kappa shape index (κ2) is 9.35. The topological polar surface area (TPSA) is 94.9 Å². The van der Waals surface area contributed by atoms with Gasteiger partial charge in [0.15, 0.2) is 0 Å². The lowest BCUT2D eigenvalue weighted by atomic mass is 9.95. The van der Waals surface area contributed by atoms with Crippen LogP contribution in [0.5, 0.6) is 0 Å². The maximum atomic E-state index is 13.3. The van der Waals surface area contributed by atoms with Crippen molar-refractivity contribution in [2.75, 3.05) is 6.54 Å². The number of aliphatic hydroxyl groups excluding tert-OH is 1. The molecule has 0 radical (unpaired) electrons. The number of nitrogens with zero attached hydrogens (tertiary/aromatic N) is 1. The number of benzene rings is 2. The molecule has 2 aromatic rings. The van der Waals surface area contributed by atoms with Gasteiger partial charge in [0.25, 0.3) is 11.7 Å². The molecule has 1 unspecified atom stereocenters. The minimum absolute atomic E-state index is 0.0386. The number of hydrogen-bond acceptors (Lipinski definition) is 4. The molecule has 1 fully saturated rings. The highest BCUT2D eigenvalue weighted by molar-refractivity contribution is 6.46. The smallest absolute Gasteiger partial charge is 0.303 e. The second-order valence-electron chi connectivity index (χ2n) is 7.11. The van der Waals surface area contributed by atoms with Crippen LogP contribution < -0.4 is 0 Å². The monoisotopic (exact) mass is 411 g/mol. The number of Topliss-reactive ketones (excluding diaryl/α,β-unsaturated/α-hetero) is 1. The van der Waals surface area contributed by atoms with Gasteiger partial charge in [0.2, 0.25) is 0 Å². The zero-order chi connectivity index (χ0) is 21.7. The van der Waals surface area contributed by atoms with E-state index < -0.39 is 29.5 Å². The summed E-state index contributed by atoms with van der Waals surface area (Å²) in [5.41, 5.74) is 0.881. The van der Waals surface area contributed by atoms with Crippen LogP contribution >= 0.6 is 0 Å². The lowest BCUT2D eigenvalue weighted by Crippen LogP contribution is -2.30. The third-order valence-electron chi connectivity index (χ3n) is 5.06. The van der Waals surface area contributed by atoms with Crippen LogP contribution in [0, 0.1) is 5.82 Å². The van der Waals surface area contributed by atoms with Crippen molar-refractivity contribution in [2.24, 2.45) is 0 Å². The SMILES string of the molecule is O=C(O)CCCCCN1C(=O)C(=O)/C(=C(/O)c2ccc(F)cc2)C1c1ccccc1. The van der Waals surface area contributed by atoms with Crippen LogP contribution in [0.2, 0.25) is 0 Å². The molecule has 1 heterocycles. The number of aliphatic carboxylic acids is 1. The van der Waals surface area contributed by atoms with Gasteiger partial charge in [-0.05, 0) is 42.7 Å². The first kappa shape index (κ1) is 21.2. The molecule has 0 aromatic heterocycles. The normalized spacial score (nSPS) is 18.0. The Kier molecular flexibility index (Phi) is 6.61. The molecule has 0 aliphatic carbocycles. The molecule has 30 heavy (non-hydrogen) atoms. The quantitative estimate of drug-likeness (QED) is 0.297. The number of hydrogen-bond donors (Lipinski definition) is 2. The van der Waals surface area contributed by atoms with Crippen molar-refractivity contribution >= 4 is 23.4 Å². The van der Waals surface area contributed by atoms with Crippen LogP contribution in [0.15, 0.2) is 60.2 Å². The summed E-state index contributed by atoms with van der Waals surface area (Å²) >= 11 is 0. The maximum Gasteiger partial charge on any atom is 0.303 e. The molecule has 156 valence electrons. The molecule has 0 spiro atoms. The molecule has 0 saturated carbocycles. The van der Waals surface area contributed by atoms with Crippen LogP contribution in [0.3, 0.4) is 0 Å². The van der Waals surface area contributed by atoms with Crippen LogP contribution in [0.4, 0.5) is 4.39 Å². The number of halogens is 1. The lowest BCUT2D eigenvalue weighted by Gasteiger charge is -2.25. The summed E-state index contributed by atoms with van der Waals surface area (Å²) in [6.07, 6.45) is 1.64. The molecule has 3 rings (SSSR count). The van der Waals surface area contributed by atoms with Crippen molar-refractivity contribution in [2.45, 2.75) is 31.7 Å². The van der Waals surface area contributed by atoms with Gasteiger partial charge >= 0.3 is 5.97 Å². The first-order chi connectivity index (χ1) is 14.4. The fraction of sp³-hybridized carbons (Fsp3) is 0.261. The van der Waals surface area contributed by atoms with E-state index in [9.17, 15) is 23.9 Å².